The molecule has 8 nitrogen and oxygen atoms in total. The Morgan fingerprint density at radius 3 is 2.50 bits per heavy atom. The summed E-state index contributed by atoms with van der Waals surface area (Å²) in [5.41, 5.74) is 2.81. The Hall–Kier alpha value is -3.36. The number of hydrogen-bond donors (Lipinski definition) is 0. The molecule has 0 fully saturated rings. The molecule has 0 N–H and O–H groups in total. The Kier molecular flexibility index (Phi) is 4.45. The van der Waals surface area contributed by atoms with Crippen molar-refractivity contribution < 1.29 is 9.47 Å². The third-order valence-corrected chi connectivity index (χ3v) is 5.43. The highest BCUT2D eigenvalue weighted by Gasteiger charge is 2.16. The molecule has 0 aliphatic carbocycles. The van der Waals surface area contributed by atoms with Gasteiger partial charge in [-0.25, -0.2) is 19.2 Å². The van der Waals surface area contributed by atoms with Crippen LogP contribution in [0.2, 0.25) is 10.0 Å². The summed E-state index contributed by atoms with van der Waals surface area (Å²) >= 11 is 12.2. The molecule has 0 saturated carbocycles. The van der Waals surface area contributed by atoms with Crippen LogP contribution in [0.1, 0.15) is 0 Å². The Bertz CT molecular complexity index is 1410. The maximum atomic E-state index is 6.16. The first kappa shape index (κ1) is 18.7. The van der Waals surface area contributed by atoms with Crippen molar-refractivity contribution in [2.45, 2.75) is 0 Å². The summed E-state index contributed by atoms with van der Waals surface area (Å²) in [5.74, 6) is 1.77. The van der Waals surface area contributed by atoms with Crippen LogP contribution in [0.3, 0.4) is 0 Å². The molecule has 5 aromatic rings. The van der Waals surface area contributed by atoms with Gasteiger partial charge in [0.1, 0.15) is 6.33 Å². The number of nitrogens with zero attached hydrogens (tertiary/aromatic N) is 6. The molecular formula is C20H14Cl2N6O2. The van der Waals surface area contributed by atoms with Crippen LogP contribution in [-0.4, -0.2) is 43.6 Å². The van der Waals surface area contributed by atoms with Crippen LogP contribution in [0.25, 0.3) is 33.8 Å². The van der Waals surface area contributed by atoms with Crippen molar-refractivity contribution >= 4 is 39.9 Å². The molecule has 0 amide bonds. The zero-order valence-electron chi connectivity index (χ0n) is 15.9. The molecule has 0 atom stereocenters. The summed E-state index contributed by atoms with van der Waals surface area (Å²) in [6.07, 6.45) is 3.30. The van der Waals surface area contributed by atoms with Crippen LogP contribution in [0.5, 0.6) is 11.5 Å². The van der Waals surface area contributed by atoms with Crippen LogP contribution >= 0.6 is 23.2 Å². The third kappa shape index (κ3) is 2.92. The Labute approximate surface area is 180 Å². The van der Waals surface area contributed by atoms with Gasteiger partial charge in [0.05, 0.1) is 41.5 Å². The van der Waals surface area contributed by atoms with E-state index in [2.05, 4.69) is 15.2 Å². The number of halogens is 2. The summed E-state index contributed by atoms with van der Waals surface area (Å²) in [4.78, 5) is 9.20. The number of methoxy groups -OCH3 is 2. The minimum atomic E-state index is 0.442. The second kappa shape index (κ2) is 7.16. The largest absolute Gasteiger partial charge is 0.493 e. The lowest BCUT2D eigenvalue weighted by molar-refractivity contribution is 0.355. The van der Waals surface area contributed by atoms with Gasteiger partial charge in [-0.3, -0.25) is 0 Å². The fraction of sp³-hybridized carbons (Fsp3) is 0.100. The summed E-state index contributed by atoms with van der Waals surface area (Å²) in [7, 11) is 3.18. The predicted molar refractivity (Wildman–Crippen MR) is 114 cm³/mol. The molecule has 3 heterocycles. The standard InChI is InChI=1S/C20H14Cl2N6O2/c1-29-16-6-3-11(7-17(16)30-2)18-25-20-13-9-24-28(19(13)23-10-27(20)26-18)12-4-5-14(21)15(22)8-12/h3-10H,1-2H3. The predicted octanol–water partition coefficient (Wildman–Crippen LogP) is 4.45. The van der Waals surface area contributed by atoms with E-state index in [0.29, 0.717) is 38.7 Å². The van der Waals surface area contributed by atoms with Crippen molar-refractivity contribution in [3.8, 4) is 28.6 Å². The lowest BCUT2D eigenvalue weighted by atomic mass is 10.2. The quantitative estimate of drug-likeness (QED) is 0.410. The van der Waals surface area contributed by atoms with Gasteiger partial charge in [0.2, 0.25) is 0 Å². The van der Waals surface area contributed by atoms with E-state index in [-0.39, 0.29) is 0 Å². The van der Waals surface area contributed by atoms with E-state index in [1.165, 1.54) is 0 Å². The molecule has 0 aliphatic rings. The molecule has 0 aliphatic heterocycles. The number of benzene rings is 2. The first-order valence-corrected chi connectivity index (χ1v) is 9.61. The van der Waals surface area contributed by atoms with Crippen molar-refractivity contribution in [2.75, 3.05) is 14.2 Å². The normalized spacial score (nSPS) is 11.3. The molecule has 0 saturated heterocycles. The van der Waals surface area contributed by atoms with E-state index in [0.717, 1.165) is 16.6 Å². The lowest BCUT2D eigenvalue weighted by Crippen LogP contribution is -1.99. The fourth-order valence-electron chi connectivity index (χ4n) is 3.22. The Morgan fingerprint density at radius 1 is 0.900 bits per heavy atom. The molecule has 0 unspecified atom stereocenters. The average molecular weight is 441 g/mol. The van der Waals surface area contributed by atoms with Crippen LogP contribution < -0.4 is 9.47 Å². The number of aromatic nitrogens is 6. The number of hydrogen-bond acceptors (Lipinski definition) is 6. The molecular weight excluding hydrogens is 427 g/mol. The minimum absolute atomic E-state index is 0.442. The average Bonchev–Trinajstić information content (AvgIpc) is 3.39. The van der Waals surface area contributed by atoms with E-state index in [4.69, 9.17) is 37.7 Å². The zero-order chi connectivity index (χ0) is 20.8. The van der Waals surface area contributed by atoms with Gasteiger partial charge in [-0.05, 0) is 36.4 Å². The zero-order valence-corrected chi connectivity index (χ0v) is 17.4. The molecule has 5 rings (SSSR count). The van der Waals surface area contributed by atoms with E-state index in [1.54, 1.807) is 48.1 Å². The maximum Gasteiger partial charge on any atom is 0.182 e. The van der Waals surface area contributed by atoms with Crippen molar-refractivity contribution in [1.29, 1.82) is 0 Å². The molecule has 0 bridgehead atoms. The van der Waals surface area contributed by atoms with Crippen LogP contribution in [0.15, 0.2) is 48.9 Å². The summed E-state index contributed by atoms with van der Waals surface area (Å²) in [5, 5.41) is 10.7. The Morgan fingerprint density at radius 2 is 1.73 bits per heavy atom. The van der Waals surface area contributed by atoms with E-state index in [1.807, 2.05) is 24.3 Å². The van der Waals surface area contributed by atoms with Crippen molar-refractivity contribution in [3.05, 3.63) is 59.0 Å². The third-order valence-electron chi connectivity index (χ3n) is 4.69. The van der Waals surface area contributed by atoms with Crippen LogP contribution in [-0.2, 0) is 0 Å². The number of rotatable bonds is 4. The van der Waals surface area contributed by atoms with E-state index in [9.17, 15) is 0 Å². The summed E-state index contributed by atoms with van der Waals surface area (Å²) < 4.78 is 14.0. The highest BCUT2D eigenvalue weighted by Crippen LogP contribution is 2.32. The second-order valence-electron chi connectivity index (χ2n) is 6.41. The molecule has 2 aromatic carbocycles. The molecule has 3 aromatic heterocycles. The molecule has 0 radical (unpaired) electrons. The van der Waals surface area contributed by atoms with Crippen molar-refractivity contribution in [3.63, 3.8) is 0 Å². The number of fused-ring (bicyclic) bond motifs is 3. The van der Waals surface area contributed by atoms with Crippen LogP contribution in [0, 0.1) is 0 Å². The van der Waals surface area contributed by atoms with Gasteiger partial charge >= 0.3 is 0 Å². The number of ether oxygens (including phenoxy) is 2. The molecule has 0 spiro atoms. The minimum Gasteiger partial charge on any atom is -0.493 e. The van der Waals surface area contributed by atoms with E-state index < -0.39 is 0 Å². The summed E-state index contributed by atoms with van der Waals surface area (Å²) in [6.45, 7) is 0. The smallest absolute Gasteiger partial charge is 0.182 e. The van der Waals surface area contributed by atoms with Crippen molar-refractivity contribution in [2.24, 2.45) is 0 Å². The second-order valence-corrected chi connectivity index (χ2v) is 7.22. The fourth-order valence-corrected chi connectivity index (χ4v) is 3.52. The van der Waals surface area contributed by atoms with Gasteiger partial charge in [-0.15, -0.1) is 5.10 Å². The van der Waals surface area contributed by atoms with Gasteiger partial charge in [-0.1, -0.05) is 23.2 Å². The lowest BCUT2D eigenvalue weighted by Gasteiger charge is -2.07. The van der Waals surface area contributed by atoms with Gasteiger partial charge in [-0.2, -0.15) is 5.10 Å². The SMILES string of the molecule is COc1ccc(-c2nc3c4cnn(-c5ccc(Cl)c(Cl)c5)c4ncn3n2)cc1OC. The maximum absolute atomic E-state index is 6.16. The first-order chi connectivity index (χ1) is 14.6. The highest BCUT2D eigenvalue weighted by molar-refractivity contribution is 6.42. The van der Waals surface area contributed by atoms with Crippen LogP contribution in [0.4, 0.5) is 0 Å². The topological polar surface area (TPSA) is 79.4 Å². The van der Waals surface area contributed by atoms with E-state index >= 15 is 0 Å². The highest BCUT2D eigenvalue weighted by atomic mass is 35.5. The van der Waals surface area contributed by atoms with Gasteiger partial charge in [0.25, 0.3) is 0 Å². The Balaban J connectivity index is 1.64. The van der Waals surface area contributed by atoms with Gasteiger partial charge < -0.3 is 9.47 Å². The first-order valence-electron chi connectivity index (χ1n) is 8.86. The van der Waals surface area contributed by atoms with Gasteiger partial charge in [0.15, 0.2) is 28.6 Å². The molecule has 30 heavy (non-hydrogen) atoms. The monoisotopic (exact) mass is 440 g/mol. The summed E-state index contributed by atoms with van der Waals surface area (Å²) in [6, 6.07) is 10.8. The van der Waals surface area contributed by atoms with Gasteiger partial charge in [0, 0.05) is 5.56 Å². The van der Waals surface area contributed by atoms with Crippen molar-refractivity contribution in [1.82, 2.24) is 29.4 Å². The molecule has 10 heteroatoms. The molecule has 150 valence electrons.